The Balaban J connectivity index is 0.000000288. The van der Waals surface area contributed by atoms with Gasteiger partial charge in [0.1, 0.15) is 25.9 Å². The monoisotopic (exact) mass is 304 g/mol. The molecule has 2 aliphatic rings. The van der Waals surface area contributed by atoms with E-state index in [9.17, 15) is 14.4 Å². The lowest BCUT2D eigenvalue weighted by molar-refractivity contribution is 0.119. The molecule has 0 N–H and O–H groups in total. The van der Waals surface area contributed by atoms with Crippen LogP contribution in [-0.4, -0.2) is 44.4 Å². The smallest absolute Gasteiger partial charge is 0.431 e. The van der Waals surface area contributed by atoms with E-state index >= 15 is 0 Å². The molecule has 2 heterocycles. The fraction of sp³-hybridized carbons (Fsp3) is 0.417. The molecule has 1 unspecified atom stereocenters. The second kappa shape index (κ2) is 11.1. The van der Waals surface area contributed by atoms with Crippen LogP contribution in [0.4, 0.5) is 14.4 Å². The number of cyclic esters (lactones) is 4. The lowest BCUT2D eigenvalue weighted by atomic mass is 10.5. The van der Waals surface area contributed by atoms with Crippen LogP contribution in [0.5, 0.6) is 0 Å². The van der Waals surface area contributed by atoms with Crippen LogP contribution < -0.4 is 0 Å². The maximum atomic E-state index is 10.1. The second-order valence-corrected chi connectivity index (χ2v) is 3.26. The van der Waals surface area contributed by atoms with Gasteiger partial charge in [-0.15, -0.1) is 0 Å². The predicted octanol–water partition coefficient (Wildman–Crippen LogP) is 2.12. The number of ether oxygens (including phenoxy) is 6. The van der Waals surface area contributed by atoms with Crippen LogP contribution in [0.1, 0.15) is 6.92 Å². The topological polar surface area (TPSA) is 107 Å². The number of hydrogen-bond donors (Lipinski definition) is 0. The van der Waals surface area contributed by atoms with Crippen LogP contribution in [0.15, 0.2) is 25.7 Å². The van der Waals surface area contributed by atoms with Gasteiger partial charge in [0, 0.05) is 0 Å². The summed E-state index contributed by atoms with van der Waals surface area (Å²) in [6.45, 7) is 9.27. The van der Waals surface area contributed by atoms with Crippen molar-refractivity contribution in [1.82, 2.24) is 0 Å². The van der Waals surface area contributed by atoms with Crippen LogP contribution in [0.2, 0.25) is 0 Å². The van der Waals surface area contributed by atoms with E-state index in [4.69, 9.17) is 0 Å². The van der Waals surface area contributed by atoms with Crippen molar-refractivity contribution in [3.63, 3.8) is 0 Å². The van der Waals surface area contributed by atoms with E-state index in [1.807, 2.05) is 0 Å². The fourth-order valence-corrected chi connectivity index (χ4v) is 0.873. The summed E-state index contributed by atoms with van der Waals surface area (Å²) in [5.41, 5.74) is 0. The van der Waals surface area contributed by atoms with Crippen LogP contribution in [-0.2, 0) is 28.4 Å². The van der Waals surface area contributed by atoms with E-state index in [-0.39, 0.29) is 6.10 Å². The minimum Gasteiger partial charge on any atom is -0.431 e. The molecule has 0 radical (unpaired) electrons. The van der Waals surface area contributed by atoms with Crippen molar-refractivity contribution < 1.29 is 42.8 Å². The van der Waals surface area contributed by atoms with E-state index in [2.05, 4.69) is 41.6 Å². The molecule has 0 spiro atoms. The Labute approximate surface area is 121 Å². The number of carbonyl (C=O) groups excluding carboxylic acids is 3. The van der Waals surface area contributed by atoms with Crippen molar-refractivity contribution in [2.75, 3.05) is 19.8 Å². The normalized spacial score (nSPS) is 18.0. The van der Waals surface area contributed by atoms with E-state index in [0.29, 0.717) is 19.8 Å². The van der Waals surface area contributed by atoms with Gasteiger partial charge in [-0.3, -0.25) is 0 Å². The lowest BCUT2D eigenvalue weighted by Crippen LogP contribution is -2.01. The SMILES string of the molecule is C=COC(=O)OC=C.CC1COC(=O)O1.O=C1OCCO1. The van der Waals surface area contributed by atoms with Crippen molar-refractivity contribution in [1.29, 1.82) is 0 Å². The highest BCUT2D eigenvalue weighted by Gasteiger charge is 2.19. The molecule has 2 aliphatic heterocycles. The van der Waals surface area contributed by atoms with E-state index in [0.717, 1.165) is 12.5 Å². The van der Waals surface area contributed by atoms with E-state index < -0.39 is 18.5 Å². The molecule has 2 fully saturated rings. The maximum Gasteiger partial charge on any atom is 0.518 e. The summed E-state index contributed by atoms with van der Waals surface area (Å²) in [7, 11) is 0. The number of carbonyl (C=O) groups is 3. The molecule has 0 bridgehead atoms. The van der Waals surface area contributed by atoms with Gasteiger partial charge in [0.05, 0.1) is 12.5 Å². The average molecular weight is 304 g/mol. The van der Waals surface area contributed by atoms with Crippen LogP contribution >= 0.6 is 0 Å². The Hall–Kier alpha value is -2.71. The summed E-state index contributed by atoms with van der Waals surface area (Å²) in [6, 6.07) is 0. The summed E-state index contributed by atoms with van der Waals surface area (Å²) >= 11 is 0. The highest BCUT2D eigenvalue weighted by molar-refractivity contribution is 5.62. The van der Waals surface area contributed by atoms with Gasteiger partial charge in [-0.1, -0.05) is 13.2 Å². The molecular formula is C12H16O9. The number of hydrogen-bond acceptors (Lipinski definition) is 9. The molecule has 0 aromatic carbocycles. The lowest BCUT2D eigenvalue weighted by Gasteiger charge is -1.91. The third-order valence-corrected chi connectivity index (χ3v) is 1.62. The highest BCUT2D eigenvalue weighted by atomic mass is 16.8. The van der Waals surface area contributed by atoms with E-state index in [1.54, 1.807) is 6.92 Å². The van der Waals surface area contributed by atoms with Gasteiger partial charge < -0.3 is 28.4 Å². The Morgan fingerprint density at radius 3 is 1.81 bits per heavy atom. The van der Waals surface area contributed by atoms with Gasteiger partial charge in [-0.25, -0.2) is 14.4 Å². The summed E-state index contributed by atoms with van der Waals surface area (Å²) in [4.78, 5) is 29.9. The molecule has 0 aromatic heterocycles. The molecule has 0 saturated carbocycles. The molecule has 118 valence electrons. The average Bonchev–Trinajstić information content (AvgIpc) is 3.03. The molecule has 9 heteroatoms. The van der Waals surface area contributed by atoms with E-state index in [1.165, 1.54) is 0 Å². The third-order valence-electron chi connectivity index (χ3n) is 1.62. The second-order valence-electron chi connectivity index (χ2n) is 3.26. The third kappa shape index (κ3) is 10.9. The Morgan fingerprint density at radius 2 is 1.62 bits per heavy atom. The zero-order valence-electron chi connectivity index (χ0n) is 11.4. The van der Waals surface area contributed by atoms with Gasteiger partial charge in [0.15, 0.2) is 0 Å². The summed E-state index contributed by atoms with van der Waals surface area (Å²) in [6.07, 6.45) is -0.0116. The Morgan fingerprint density at radius 1 is 1.10 bits per heavy atom. The summed E-state index contributed by atoms with van der Waals surface area (Å²) in [5, 5.41) is 0. The first kappa shape index (κ1) is 18.3. The molecule has 0 aromatic rings. The van der Waals surface area contributed by atoms with Gasteiger partial charge in [-0.05, 0) is 6.92 Å². The minimum absolute atomic E-state index is 0.0486. The van der Waals surface area contributed by atoms with Crippen LogP contribution in [0, 0.1) is 0 Å². The quantitative estimate of drug-likeness (QED) is 0.430. The minimum atomic E-state index is -0.824. The molecule has 2 rings (SSSR count). The Bertz CT molecular complexity index is 357. The maximum absolute atomic E-state index is 10.1. The predicted molar refractivity (Wildman–Crippen MR) is 67.2 cm³/mol. The van der Waals surface area contributed by atoms with Crippen molar-refractivity contribution in [3.05, 3.63) is 25.7 Å². The molecule has 0 aliphatic carbocycles. The first-order valence-corrected chi connectivity index (χ1v) is 5.71. The first-order chi connectivity index (χ1) is 9.99. The standard InChI is InChI=1S/C5H6O3.C4H6O3.C3H4O3/c1-3-7-5(6)8-4-2;1-3-2-6-4(5)7-3;4-3-5-1-2-6-3/h3-4H,1-2H2;3H,2H2,1H3;1-2H2. The summed E-state index contributed by atoms with van der Waals surface area (Å²) in [5.74, 6) is 0. The molecule has 9 nitrogen and oxygen atoms in total. The number of rotatable bonds is 2. The highest BCUT2D eigenvalue weighted by Crippen LogP contribution is 2.02. The molecular weight excluding hydrogens is 288 g/mol. The molecule has 2 saturated heterocycles. The van der Waals surface area contributed by atoms with Crippen molar-refractivity contribution in [2.45, 2.75) is 13.0 Å². The Kier molecular flexibility index (Phi) is 9.71. The van der Waals surface area contributed by atoms with Gasteiger partial charge >= 0.3 is 18.5 Å². The molecule has 1 atom stereocenters. The fourth-order valence-electron chi connectivity index (χ4n) is 0.873. The van der Waals surface area contributed by atoms with Crippen molar-refractivity contribution >= 4 is 18.5 Å². The zero-order valence-corrected chi connectivity index (χ0v) is 11.4. The van der Waals surface area contributed by atoms with Gasteiger partial charge in [0.2, 0.25) is 0 Å². The molecule has 21 heavy (non-hydrogen) atoms. The van der Waals surface area contributed by atoms with Crippen LogP contribution in [0.25, 0.3) is 0 Å². The van der Waals surface area contributed by atoms with Crippen molar-refractivity contribution in [2.24, 2.45) is 0 Å². The largest absolute Gasteiger partial charge is 0.518 e. The summed E-state index contributed by atoms with van der Waals surface area (Å²) < 4.78 is 25.7. The first-order valence-electron chi connectivity index (χ1n) is 5.71. The van der Waals surface area contributed by atoms with Gasteiger partial charge in [0.25, 0.3) is 0 Å². The van der Waals surface area contributed by atoms with Gasteiger partial charge in [-0.2, -0.15) is 0 Å². The van der Waals surface area contributed by atoms with Crippen LogP contribution in [0.3, 0.4) is 0 Å². The van der Waals surface area contributed by atoms with Crippen molar-refractivity contribution in [3.8, 4) is 0 Å². The zero-order chi connectivity index (χ0) is 16.1. The molecule has 0 amide bonds.